The predicted octanol–water partition coefficient (Wildman–Crippen LogP) is 3.27. The molecule has 0 aliphatic heterocycles. The second-order valence-corrected chi connectivity index (χ2v) is 9.08. The molecule has 3 rings (SSSR count). The van der Waals surface area contributed by atoms with Crippen molar-refractivity contribution in [2.24, 2.45) is 11.7 Å². The number of nitrogens with one attached hydrogen (secondary N) is 2. The highest BCUT2D eigenvalue weighted by Gasteiger charge is 2.26. The summed E-state index contributed by atoms with van der Waals surface area (Å²) in [7, 11) is 0. The minimum atomic E-state index is -0.0442. The number of rotatable bonds is 5. The van der Waals surface area contributed by atoms with Crippen molar-refractivity contribution in [1.29, 1.82) is 0 Å². The Hall–Kier alpha value is -1.77. The van der Waals surface area contributed by atoms with Gasteiger partial charge in [0.1, 0.15) is 0 Å². The molecule has 0 aromatic carbocycles. The molecule has 140 valence electrons. The van der Waals surface area contributed by atoms with Crippen LogP contribution in [0.25, 0.3) is 10.6 Å². The highest BCUT2D eigenvalue weighted by Crippen LogP contribution is 2.35. The van der Waals surface area contributed by atoms with Crippen LogP contribution in [0.1, 0.15) is 42.4 Å². The molecular weight excluding hydrogens is 368 g/mol. The maximum absolute atomic E-state index is 12.5. The molecule has 0 bridgehead atoms. The minimum Gasteiger partial charge on any atom is -0.351 e. The molecule has 1 aliphatic rings. The quantitative estimate of drug-likeness (QED) is 0.727. The summed E-state index contributed by atoms with van der Waals surface area (Å²) in [4.78, 5) is 31.3. The van der Waals surface area contributed by atoms with Crippen molar-refractivity contribution in [2.75, 3.05) is 5.32 Å². The molecule has 0 saturated heterocycles. The average molecular weight is 393 g/mol. The first-order valence-electron chi connectivity index (χ1n) is 8.79. The molecule has 0 spiro atoms. The molecule has 0 radical (unpaired) electrons. The Bertz CT molecular complexity index is 799. The van der Waals surface area contributed by atoms with Crippen molar-refractivity contribution in [3.05, 3.63) is 21.9 Å². The summed E-state index contributed by atoms with van der Waals surface area (Å²) in [6, 6.07) is 4.13. The maximum Gasteiger partial charge on any atom is 0.229 e. The van der Waals surface area contributed by atoms with E-state index in [-0.39, 0.29) is 23.8 Å². The van der Waals surface area contributed by atoms with E-state index in [4.69, 9.17) is 5.73 Å². The zero-order valence-corrected chi connectivity index (χ0v) is 16.6. The molecule has 2 aromatic rings. The SMILES string of the molecule is CC(=O)NCc1ccc(-c2nc(NC(=O)C3CCCC(N)C3)sc2C)s1. The molecule has 26 heavy (non-hydrogen) atoms. The van der Waals surface area contributed by atoms with Crippen LogP contribution in [0.3, 0.4) is 0 Å². The van der Waals surface area contributed by atoms with Crippen molar-refractivity contribution < 1.29 is 9.59 Å². The molecule has 2 atom stereocenters. The monoisotopic (exact) mass is 392 g/mol. The van der Waals surface area contributed by atoms with Crippen molar-refractivity contribution in [3.8, 4) is 10.6 Å². The van der Waals surface area contributed by atoms with Crippen molar-refractivity contribution in [1.82, 2.24) is 10.3 Å². The molecule has 6 nitrogen and oxygen atoms in total. The lowest BCUT2D eigenvalue weighted by Crippen LogP contribution is -2.34. The molecule has 2 unspecified atom stereocenters. The Balaban J connectivity index is 1.67. The van der Waals surface area contributed by atoms with E-state index in [1.54, 1.807) is 11.3 Å². The van der Waals surface area contributed by atoms with Crippen LogP contribution in [-0.4, -0.2) is 22.8 Å². The van der Waals surface area contributed by atoms with E-state index in [1.807, 2.05) is 19.1 Å². The molecule has 2 amide bonds. The predicted molar refractivity (Wildman–Crippen MR) is 106 cm³/mol. The van der Waals surface area contributed by atoms with Gasteiger partial charge in [-0.3, -0.25) is 9.59 Å². The van der Waals surface area contributed by atoms with Crippen LogP contribution >= 0.6 is 22.7 Å². The largest absolute Gasteiger partial charge is 0.351 e. The van der Waals surface area contributed by atoms with Gasteiger partial charge in [-0.05, 0) is 38.3 Å². The number of hydrogen-bond acceptors (Lipinski definition) is 6. The zero-order chi connectivity index (χ0) is 18.7. The smallest absolute Gasteiger partial charge is 0.229 e. The van der Waals surface area contributed by atoms with Gasteiger partial charge in [0.15, 0.2) is 5.13 Å². The van der Waals surface area contributed by atoms with Gasteiger partial charge in [-0.25, -0.2) is 4.98 Å². The first kappa shape index (κ1) is 19.0. The lowest BCUT2D eigenvalue weighted by molar-refractivity contribution is -0.121. The van der Waals surface area contributed by atoms with E-state index >= 15 is 0 Å². The van der Waals surface area contributed by atoms with Gasteiger partial charge in [0.2, 0.25) is 11.8 Å². The number of thiazole rings is 1. The highest BCUT2D eigenvalue weighted by molar-refractivity contribution is 7.18. The summed E-state index contributed by atoms with van der Waals surface area (Å²) in [5.41, 5.74) is 6.88. The number of hydrogen-bond donors (Lipinski definition) is 3. The van der Waals surface area contributed by atoms with Crippen molar-refractivity contribution in [2.45, 2.75) is 52.1 Å². The van der Waals surface area contributed by atoms with E-state index in [1.165, 1.54) is 18.3 Å². The van der Waals surface area contributed by atoms with E-state index in [9.17, 15) is 9.59 Å². The van der Waals surface area contributed by atoms with Gasteiger partial charge in [-0.1, -0.05) is 6.42 Å². The van der Waals surface area contributed by atoms with Gasteiger partial charge in [0.25, 0.3) is 0 Å². The third-order valence-corrected chi connectivity index (χ3v) is 6.50. The Morgan fingerprint density at radius 1 is 1.31 bits per heavy atom. The normalized spacial score (nSPS) is 20.0. The highest BCUT2D eigenvalue weighted by atomic mass is 32.1. The first-order chi connectivity index (χ1) is 12.4. The van der Waals surface area contributed by atoms with E-state index in [0.29, 0.717) is 11.7 Å². The summed E-state index contributed by atoms with van der Waals surface area (Å²) >= 11 is 3.10. The fraction of sp³-hybridized carbons (Fsp3) is 0.500. The number of carbonyl (C=O) groups excluding carboxylic acids is 2. The summed E-state index contributed by atoms with van der Waals surface area (Å²) in [5.74, 6) is -0.0346. The van der Waals surface area contributed by atoms with E-state index < -0.39 is 0 Å². The number of carbonyl (C=O) groups is 2. The lowest BCUT2D eigenvalue weighted by atomic mass is 9.86. The van der Waals surface area contributed by atoms with Crippen LogP contribution < -0.4 is 16.4 Å². The van der Waals surface area contributed by atoms with E-state index in [0.717, 1.165) is 46.0 Å². The Morgan fingerprint density at radius 3 is 2.85 bits per heavy atom. The first-order valence-corrected chi connectivity index (χ1v) is 10.4. The number of aryl methyl sites for hydroxylation is 1. The van der Waals surface area contributed by atoms with Crippen LogP contribution in [0.15, 0.2) is 12.1 Å². The summed E-state index contributed by atoms with van der Waals surface area (Å²) in [6.45, 7) is 4.04. The van der Waals surface area contributed by atoms with Crippen LogP contribution in [-0.2, 0) is 16.1 Å². The number of thiophene rings is 1. The number of aromatic nitrogens is 1. The molecule has 4 N–H and O–H groups in total. The summed E-state index contributed by atoms with van der Waals surface area (Å²) < 4.78 is 0. The minimum absolute atomic E-state index is 0.0163. The second-order valence-electron chi connectivity index (χ2n) is 6.71. The maximum atomic E-state index is 12.5. The second kappa shape index (κ2) is 8.28. The van der Waals surface area contributed by atoms with Gasteiger partial charge in [0, 0.05) is 28.6 Å². The van der Waals surface area contributed by atoms with Crippen LogP contribution in [0.5, 0.6) is 0 Å². The van der Waals surface area contributed by atoms with Crippen LogP contribution in [0.4, 0.5) is 5.13 Å². The van der Waals surface area contributed by atoms with Gasteiger partial charge < -0.3 is 16.4 Å². The lowest BCUT2D eigenvalue weighted by Gasteiger charge is -2.25. The summed E-state index contributed by atoms with van der Waals surface area (Å²) in [5, 5.41) is 6.41. The molecule has 1 saturated carbocycles. The fourth-order valence-electron chi connectivity index (χ4n) is 3.16. The topological polar surface area (TPSA) is 97.1 Å². The number of nitrogens with zero attached hydrogens (tertiary/aromatic N) is 1. The molecule has 2 heterocycles. The molecular formula is C18H24N4O2S2. The standard InChI is InChI=1S/C18H24N4O2S2/c1-10-16(15-7-6-14(26-15)9-20-11(2)23)21-18(25-10)22-17(24)12-4-3-5-13(19)8-12/h6-7,12-13H,3-5,8-9,19H2,1-2H3,(H,20,23)(H,21,22,24). The molecule has 2 aromatic heterocycles. The van der Waals surface area contributed by atoms with E-state index in [2.05, 4.69) is 15.6 Å². The van der Waals surface area contributed by atoms with Crippen molar-refractivity contribution in [3.63, 3.8) is 0 Å². The molecule has 1 aliphatic carbocycles. The fourth-order valence-corrected chi connectivity index (χ4v) is 5.05. The van der Waals surface area contributed by atoms with Crippen LogP contribution in [0, 0.1) is 12.8 Å². The van der Waals surface area contributed by atoms with Gasteiger partial charge in [-0.15, -0.1) is 22.7 Å². The Kier molecular flexibility index (Phi) is 6.05. The van der Waals surface area contributed by atoms with Gasteiger partial charge >= 0.3 is 0 Å². The molecule has 8 heteroatoms. The third-order valence-electron chi connectivity index (χ3n) is 4.52. The Labute approximate surface area is 161 Å². The van der Waals surface area contributed by atoms with Gasteiger partial charge in [-0.2, -0.15) is 0 Å². The number of nitrogens with two attached hydrogens (primary N) is 1. The van der Waals surface area contributed by atoms with Gasteiger partial charge in [0.05, 0.1) is 17.1 Å². The molecule has 1 fully saturated rings. The number of amides is 2. The van der Waals surface area contributed by atoms with Crippen molar-refractivity contribution >= 4 is 39.6 Å². The average Bonchev–Trinajstić information content (AvgIpc) is 3.19. The third kappa shape index (κ3) is 4.69. The number of anilines is 1. The summed E-state index contributed by atoms with van der Waals surface area (Å²) in [6.07, 6.45) is 3.66. The Morgan fingerprint density at radius 2 is 2.12 bits per heavy atom. The zero-order valence-electron chi connectivity index (χ0n) is 15.0. The van der Waals surface area contributed by atoms with Crippen LogP contribution in [0.2, 0.25) is 0 Å².